The maximum Gasteiger partial charge on any atom is 0.414 e. The molecular weight excluding hydrogens is 350 g/mol. The number of hydrogen-bond donors (Lipinski definition) is 1. The van der Waals surface area contributed by atoms with Crippen molar-refractivity contribution in [1.29, 1.82) is 0 Å². The van der Waals surface area contributed by atoms with E-state index in [9.17, 15) is 19.2 Å². The highest BCUT2D eigenvalue weighted by Crippen LogP contribution is 2.37. The second-order valence-corrected chi connectivity index (χ2v) is 7.12. The third kappa shape index (κ3) is 3.27. The lowest BCUT2D eigenvalue weighted by Crippen LogP contribution is -2.38. The van der Waals surface area contributed by atoms with Crippen molar-refractivity contribution in [2.24, 2.45) is 11.8 Å². The second kappa shape index (κ2) is 7.02. The van der Waals surface area contributed by atoms with E-state index in [-0.39, 0.29) is 30.2 Å². The Morgan fingerprint density at radius 3 is 2.44 bits per heavy atom. The molecule has 142 valence electrons. The number of nitrogens with zero attached hydrogens (tertiary/aromatic N) is 2. The molecule has 8 nitrogen and oxygen atoms in total. The number of ether oxygens (including phenoxy) is 1. The fourth-order valence-corrected chi connectivity index (χ4v) is 4.11. The number of cyclic esters (lactones) is 1. The van der Waals surface area contributed by atoms with Gasteiger partial charge >= 0.3 is 6.09 Å². The van der Waals surface area contributed by atoms with Crippen LogP contribution in [0.1, 0.15) is 25.7 Å². The second-order valence-electron chi connectivity index (χ2n) is 7.12. The minimum Gasteiger partial charge on any atom is -0.447 e. The fourth-order valence-electron chi connectivity index (χ4n) is 4.11. The van der Waals surface area contributed by atoms with Crippen LogP contribution in [0.25, 0.3) is 0 Å². The zero-order valence-electron chi connectivity index (χ0n) is 14.8. The Morgan fingerprint density at radius 1 is 1.11 bits per heavy atom. The van der Waals surface area contributed by atoms with Gasteiger partial charge in [0.15, 0.2) is 0 Å². The highest BCUT2D eigenvalue weighted by molar-refractivity contribution is 6.08. The number of imide groups is 1. The third-order valence-electron chi connectivity index (χ3n) is 5.44. The van der Waals surface area contributed by atoms with Crippen molar-refractivity contribution in [3.63, 3.8) is 0 Å². The maximum atomic E-state index is 12.5. The first-order valence-electron chi connectivity index (χ1n) is 9.24. The van der Waals surface area contributed by atoms with E-state index in [1.807, 2.05) is 0 Å². The van der Waals surface area contributed by atoms with Gasteiger partial charge in [-0.15, -0.1) is 0 Å². The van der Waals surface area contributed by atoms with E-state index in [0.29, 0.717) is 24.5 Å². The topological polar surface area (TPSA) is 96.0 Å². The van der Waals surface area contributed by atoms with Crippen molar-refractivity contribution < 1.29 is 23.9 Å². The van der Waals surface area contributed by atoms with Crippen LogP contribution in [0.5, 0.6) is 0 Å². The summed E-state index contributed by atoms with van der Waals surface area (Å²) in [5.41, 5.74) is 1.11. The number of benzene rings is 1. The van der Waals surface area contributed by atoms with Gasteiger partial charge in [-0.2, -0.15) is 0 Å². The molecule has 1 N–H and O–H groups in total. The van der Waals surface area contributed by atoms with Gasteiger partial charge in [0.2, 0.25) is 17.7 Å². The van der Waals surface area contributed by atoms with Gasteiger partial charge in [-0.25, -0.2) is 4.79 Å². The highest BCUT2D eigenvalue weighted by atomic mass is 16.6. The van der Waals surface area contributed by atoms with E-state index in [2.05, 4.69) is 5.32 Å². The molecule has 2 aliphatic heterocycles. The molecule has 1 aromatic carbocycles. The van der Waals surface area contributed by atoms with E-state index >= 15 is 0 Å². The van der Waals surface area contributed by atoms with Gasteiger partial charge in [0.1, 0.15) is 13.2 Å². The summed E-state index contributed by atoms with van der Waals surface area (Å²) in [6.07, 6.45) is 2.93. The zero-order valence-corrected chi connectivity index (χ0v) is 14.8. The van der Waals surface area contributed by atoms with Crippen molar-refractivity contribution in [2.75, 3.05) is 29.9 Å². The summed E-state index contributed by atoms with van der Waals surface area (Å²) < 4.78 is 4.92. The lowest BCUT2D eigenvalue weighted by Gasteiger charge is -2.19. The molecule has 0 aromatic heterocycles. The number of carbonyl (C=O) groups excluding carboxylic acids is 4. The minimum atomic E-state index is -0.434. The third-order valence-corrected chi connectivity index (χ3v) is 5.44. The molecule has 2 unspecified atom stereocenters. The summed E-state index contributed by atoms with van der Waals surface area (Å²) in [5.74, 6) is -1.41. The van der Waals surface area contributed by atoms with Gasteiger partial charge in [0, 0.05) is 11.4 Å². The Bertz CT molecular complexity index is 784. The molecule has 0 spiro atoms. The van der Waals surface area contributed by atoms with Crippen molar-refractivity contribution in [3.05, 3.63) is 24.3 Å². The van der Waals surface area contributed by atoms with Gasteiger partial charge in [-0.3, -0.25) is 24.2 Å². The Morgan fingerprint density at radius 2 is 1.81 bits per heavy atom. The fraction of sp³-hybridized carbons (Fsp3) is 0.474. The van der Waals surface area contributed by atoms with Crippen LogP contribution in [-0.2, 0) is 19.1 Å². The number of carbonyl (C=O) groups is 4. The smallest absolute Gasteiger partial charge is 0.414 e. The molecule has 1 saturated carbocycles. The Labute approximate surface area is 156 Å². The van der Waals surface area contributed by atoms with Crippen LogP contribution in [0.15, 0.2) is 24.3 Å². The number of fused-ring (bicyclic) bond motifs is 1. The van der Waals surface area contributed by atoms with Crippen molar-refractivity contribution in [2.45, 2.75) is 25.7 Å². The number of amides is 4. The van der Waals surface area contributed by atoms with Crippen molar-refractivity contribution >= 4 is 35.2 Å². The predicted octanol–water partition coefficient (Wildman–Crippen LogP) is 1.76. The van der Waals surface area contributed by atoms with E-state index in [1.165, 1.54) is 4.90 Å². The Balaban J connectivity index is 1.42. The van der Waals surface area contributed by atoms with E-state index < -0.39 is 12.0 Å². The molecule has 4 rings (SSSR count). The van der Waals surface area contributed by atoms with Crippen LogP contribution in [0.2, 0.25) is 0 Å². The quantitative estimate of drug-likeness (QED) is 0.814. The number of rotatable bonds is 4. The number of nitrogens with one attached hydrogen (secondary N) is 1. The summed E-state index contributed by atoms with van der Waals surface area (Å²) in [6, 6.07) is 6.83. The SMILES string of the molecule is O=C(CN1C(=O)C2CCCCC2C1=O)Nc1cccc(N2CCOC2=O)c1. The maximum absolute atomic E-state index is 12.5. The van der Waals surface area contributed by atoms with Gasteiger partial charge in [-0.05, 0) is 31.0 Å². The lowest BCUT2D eigenvalue weighted by atomic mass is 9.81. The molecule has 0 bridgehead atoms. The predicted molar refractivity (Wildman–Crippen MR) is 95.9 cm³/mol. The van der Waals surface area contributed by atoms with Gasteiger partial charge in [0.25, 0.3) is 0 Å². The van der Waals surface area contributed by atoms with Crippen LogP contribution in [0.3, 0.4) is 0 Å². The van der Waals surface area contributed by atoms with E-state index in [1.54, 1.807) is 24.3 Å². The zero-order chi connectivity index (χ0) is 19.0. The molecule has 2 atom stereocenters. The lowest BCUT2D eigenvalue weighted by molar-refractivity contribution is -0.142. The molecule has 4 amide bonds. The van der Waals surface area contributed by atoms with Gasteiger partial charge in [0.05, 0.1) is 18.4 Å². The Hall–Kier alpha value is -2.90. The first kappa shape index (κ1) is 17.5. The first-order valence-corrected chi connectivity index (χ1v) is 9.24. The highest BCUT2D eigenvalue weighted by Gasteiger charge is 2.48. The van der Waals surface area contributed by atoms with Crippen LogP contribution in [-0.4, -0.2) is 48.4 Å². The number of hydrogen-bond acceptors (Lipinski definition) is 5. The summed E-state index contributed by atoms with van der Waals surface area (Å²) in [5, 5.41) is 2.71. The number of likely N-dealkylation sites (tertiary alicyclic amines) is 1. The van der Waals surface area contributed by atoms with Crippen LogP contribution in [0.4, 0.5) is 16.2 Å². The van der Waals surface area contributed by atoms with E-state index in [0.717, 1.165) is 30.6 Å². The van der Waals surface area contributed by atoms with Crippen LogP contribution in [0, 0.1) is 11.8 Å². The standard InChI is InChI=1S/C19H21N3O5/c23-16(11-22-17(24)14-6-1-2-7-15(14)18(22)25)20-12-4-3-5-13(10-12)21-8-9-27-19(21)26/h3-5,10,14-15H,1-2,6-9,11H2,(H,20,23). The Kier molecular flexibility index (Phi) is 4.55. The molecule has 1 aromatic rings. The van der Waals surface area contributed by atoms with Gasteiger partial charge in [-0.1, -0.05) is 18.9 Å². The average molecular weight is 371 g/mol. The monoisotopic (exact) mass is 371 g/mol. The van der Waals surface area contributed by atoms with Crippen molar-refractivity contribution in [1.82, 2.24) is 4.90 Å². The first-order chi connectivity index (χ1) is 13.0. The van der Waals surface area contributed by atoms with E-state index in [4.69, 9.17) is 4.74 Å². The summed E-state index contributed by atoms with van der Waals surface area (Å²) >= 11 is 0. The van der Waals surface area contributed by atoms with Crippen LogP contribution >= 0.6 is 0 Å². The summed E-state index contributed by atoms with van der Waals surface area (Å²) in [7, 11) is 0. The minimum absolute atomic E-state index is 0.228. The largest absolute Gasteiger partial charge is 0.447 e. The van der Waals surface area contributed by atoms with Crippen molar-refractivity contribution in [3.8, 4) is 0 Å². The van der Waals surface area contributed by atoms with Crippen LogP contribution < -0.4 is 10.2 Å². The molecule has 0 radical (unpaired) electrons. The van der Waals surface area contributed by atoms with Gasteiger partial charge < -0.3 is 10.1 Å². The average Bonchev–Trinajstić information content (AvgIpc) is 3.20. The molecular formula is C19H21N3O5. The molecule has 3 aliphatic rings. The molecule has 2 heterocycles. The molecule has 3 fully saturated rings. The summed E-state index contributed by atoms with van der Waals surface area (Å²) in [4.78, 5) is 51.6. The summed E-state index contributed by atoms with van der Waals surface area (Å²) in [6.45, 7) is 0.507. The molecule has 1 aliphatic carbocycles. The molecule has 27 heavy (non-hydrogen) atoms. The number of anilines is 2. The molecule has 2 saturated heterocycles. The molecule has 8 heteroatoms. The normalized spacial score (nSPS) is 24.8.